The molecule has 0 aromatic rings. The number of aliphatic hydroxyl groups excluding tert-OH is 2. The fourth-order valence-electron chi connectivity index (χ4n) is 4.75. The van der Waals surface area contributed by atoms with Crippen LogP contribution in [0.2, 0.25) is 0 Å². The van der Waals surface area contributed by atoms with Gasteiger partial charge in [-0.05, 0) is 41.5 Å². The van der Waals surface area contributed by atoms with E-state index in [4.69, 9.17) is 4.74 Å². The molecular weight excluding hydrogens is 292 g/mol. The van der Waals surface area contributed by atoms with Gasteiger partial charge in [-0.3, -0.25) is 0 Å². The van der Waals surface area contributed by atoms with E-state index < -0.39 is 0 Å². The number of ether oxygens (including phenoxy) is 1. The number of nitrogens with zero attached hydrogens (tertiary/aromatic N) is 2. The monoisotopic (exact) mass is 330 g/mol. The van der Waals surface area contributed by atoms with E-state index in [2.05, 4.69) is 41.5 Å². The van der Waals surface area contributed by atoms with Crippen LogP contribution in [0.15, 0.2) is 0 Å². The summed E-state index contributed by atoms with van der Waals surface area (Å²) in [6.07, 6.45) is -0.285. The van der Waals surface area contributed by atoms with Crippen LogP contribution in [0.4, 0.5) is 0 Å². The molecule has 2 atom stereocenters. The molecule has 2 unspecified atom stereocenters. The lowest BCUT2D eigenvalue weighted by Gasteiger charge is -2.56. The maximum absolute atomic E-state index is 9.74. The normalized spacial score (nSPS) is 39.9. The summed E-state index contributed by atoms with van der Waals surface area (Å²) in [6, 6.07) is 1.88. The first kappa shape index (κ1) is 19.1. The SMILES string of the molecule is CC(C)[N+]1(C(C)COCC(C)[N+]2(C(C)C)CC(O)C2)CC(O)C1. The van der Waals surface area contributed by atoms with Crippen molar-refractivity contribution in [2.75, 3.05) is 39.4 Å². The number of hydrogen-bond donors (Lipinski definition) is 2. The Bertz CT molecular complexity index is 352. The van der Waals surface area contributed by atoms with Gasteiger partial charge in [-0.1, -0.05) is 0 Å². The third-order valence-corrected chi connectivity index (χ3v) is 6.73. The zero-order valence-corrected chi connectivity index (χ0v) is 15.9. The minimum atomic E-state index is -0.142. The summed E-state index contributed by atoms with van der Waals surface area (Å²) >= 11 is 0. The zero-order valence-electron chi connectivity index (χ0n) is 15.9. The summed E-state index contributed by atoms with van der Waals surface area (Å²) in [7, 11) is 0. The molecule has 2 heterocycles. The highest BCUT2D eigenvalue weighted by molar-refractivity contribution is 4.75. The molecule has 0 aromatic heterocycles. The predicted octanol–water partition coefficient (Wildman–Crippen LogP) is 0.979. The Morgan fingerprint density at radius 3 is 1.26 bits per heavy atom. The molecule has 2 rings (SSSR count). The van der Waals surface area contributed by atoms with Gasteiger partial charge in [0.15, 0.2) is 12.2 Å². The fraction of sp³-hybridized carbons (Fsp3) is 1.00. The molecule has 2 aliphatic rings. The third-order valence-electron chi connectivity index (χ3n) is 6.73. The Morgan fingerprint density at radius 2 is 1.04 bits per heavy atom. The van der Waals surface area contributed by atoms with E-state index in [1.807, 2.05) is 0 Å². The highest BCUT2D eigenvalue weighted by atomic mass is 16.5. The first-order valence-electron chi connectivity index (χ1n) is 9.31. The maximum atomic E-state index is 9.74. The van der Waals surface area contributed by atoms with Gasteiger partial charge in [0.25, 0.3) is 0 Å². The van der Waals surface area contributed by atoms with Gasteiger partial charge in [0, 0.05) is 0 Å². The number of rotatable bonds is 8. The highest BCUT2D eigenvalue weighted by Crippen LogP contribution is 2.31. The van der Waals surface area contributed by atoms with E-state index in [0.717, 1.165) is 48.4 Å². The van der Waals surface area contributed by atoms with E-state index in [1.165, 1.54) is 0 Å². The standard InChI is InChI=1S/C18H38N2O3/c1-13(2)19(7-17(21)8-19)15(5)11-23-12-16(6)20(14(3)4)9-18(22)10-20/h13-18,21-22H,7-12H2,1-6H3/q+2. The van der Waals surface area contributed by atoms with Crippen molar-refractivity contribution in [1.29, 1.82) is 0 Å². The molecule has 2 saturated heterocycles. The van der Waals surface area contributed by atoms with Crippen LogP contribution in [0.5, 0.6) is 0 Å². The minimum Gasteiger partial charge on any atom is -0.382 e. The van der Waals surface area contributed by atoms with Crippen molar-refractivity contribution in [3.8, 4) is 0 Å². The lowest BCUT2D eigenvalue weighted by atomic mass is 9.97. The Kier molecular flexibility index (Phi) is 5.79. The van der Waals surface area contributed by atoms with Crippen molar-refractivity contribution in [1.82, 2.24) is 0 Å². The maximum Gasteiger partial charge on any atom is 0.152 e. The molecule has 2 aliphatic heterocycles. The van der Waals surface area contributed by atoms with Gasteiger partial charge in [-0.25, -0.2) is 0 Å². The molecule has 136 valence electrons. The van der Waals surface area contributed by atoms with Crippen LogP contribution in [0.3, 0.4) is 0 Å². The van der Waals surface area contributed by atoms with Gasteiger partial charge in [0.2, 0.25) is 0 Å². The summed E-state index contributed by atoms with van der Waals surface area (Å²) in [5.74, 6) is 0. The molecule has 2 N–H and O–H groups in total. The van der Waals surface area contributed by atoms with Crippen LogP contribution >= 0.6 is 0 Å². The largest absolute Gasteiger partial charge is 0.382 e. The van der Waals surface area contributed by atoms with Crippen LogP contribution < -0.4 is 0 Å². The average molecular weight is 331 g/mol. The zero-order chi connectivity index (χ0) is 17.4. The first-order chi connectivity index (χ1) is 10.6. The first-order valence-corrected chi connectivity index (χ1v) is 9.31. The number of hydrogen-bond acceptors (Lipinski definition) is 3. The van der Waals surface area contributed by atoms with Crippen LogP contribution in [0, 0.1) is 0 Å². The second-order valence-corrected chi connectivity index (χ2v) is 8.67. The van der Waals surface area contributed by atoms with Gasteiger partial charge in [0.1, 0.15) is 38.3 Å². The number of quaternary nitrogens is 2. The van der Waals surface area contributed by atoms with Gasteiger partial charge in [0.05, 0.1) is 25.3 Å². The number of likely N-dealkylation sites (tertiary alicyclic amines) is 2. The van der Waals surface area contributed by atoms with Crippen molar-refractivity contribution >= 4 is 0 Å². The lowest BCUT2D eigenvalue weighted by molar-refractivity contribution is -1.01. The van der Waals surface area contributed by atoms with E-state index in [0.29, 0.717) is 24.2 Å². The molecule has 0 bridgehead atoms. The molecule has 23 heavy (non-hydrogen) atoms. The third kappa shape index (κ3) is 3.45. The van der Waals surface area contributed by atoms with E-state index in [9.17, 15) is 10.2 Å². The smallest absolute Gasteiger partial charge is 0.152 e. The highest BCUT2D eigenvalue weighted by Gasteiger charge is 2.50. The Hall–Kier alpha value is -0.200. The van der Waals surface area contributed by atoms with E-state index >= 15 is 0 Å². The van der Waals surface area contributed by atoms with Gasteiger partial charge < -0.3 is 23.9 Å². The summed E-state index contributed by atoms with van der Waals surface area (Å²) in [5, 5.41) is 19.5. The van der Waals surface area contributed by atoms with Crippen molar-refractivity contribution in [3.63, 3.8) is 0 Å². The van der Waals surface area contributed by atoms with Gasteiger partial charge in [-0.2, -0.15) is 0 Å². The van der Waals surface area contributed by atoms with Crippen molar-refractivity contribution in [2.24, 2.45) is 0 Å². The second kappa shape index (κ2) is 6.96. The van der Waals surface area contributed by atoms with Crippen molar-refractivity contribution in [3.05, 3.63) is 0 Å². The summed E-state index contributed by atoms with van der Waals surface area (Å²) in [5.41, 5.74) is 0. The fourth-order valence-corrected chi connectivity index (χ4v) is 4.75. The van der Waals surface area contributed by atoms with E-state index in [1.54, 1.807) is 0 Å². The molecule has 0 aromatic carbocycles. The Morgan fingerprint density at radius 1 is 0.739 bits per heavy atom. The van der Waals surface area contributed by atoms with Crippen molar-refractivity contribution < 1.29 is 23.9 Å². The molecule has 0 saturated carbocycles. The lowest BCUT2D eigenvalue weighted by Crippen LogP contribution is -2.74. The molecule has 0 radical (unpaired) electrons. The molecule has 0 spiro atoms. The Balaban J connectivity index is 1.82. The van der Waals surface area contributed by atoms with Crippen molar-refractivity contribution in [2.45, 2.75) is 77.9 Å². The molecule has 0 amide bonds. The molecular formula is C18H38N2O3+2. The van der Waals surface area contributed by atoms with Crippen LogP contribution in [0.25, 0.3) is 0 Å². The molecule has 5 nitrogen and oxygen atoms in total. The average Bonchev–Trinajstić information content (AvgIpc) is 2.38. The summed E-state index contributed by atoms with van der Waals surface area (Å²) < 4.78 is 8.04. The molecule has 2 fully saturated rings. The molecule has 0 aliphatic carbocycles. The van der Waals surface area contributed by atoms with Gasteiger partial charge >= 0.3 is 0 Å². The summed E-state index contributed by atoms with van der Waals surface area (Å²) in [4.78, 5) is 0. The van der Waals surface area contributed by atoms with Crippen LogP contribution in [0.1, 0.15) is 41.5 Å². The minimum absolute atomic E-state index is 0.142. The van der Waals surface area contributed by atoms with Gasteiger partial charge in [-0.15, -0.1) is 0 Å². The van der Waals surface area contributed by atoms with Crippen LogP contribution in [-0.2, 0) is 4.74 Å². The second-order valence-electron chi connectivity index (χ2n) is 8.67. The molecule has 5 heteroatoms. The Labute approximate surface area is 142 Å². The summed E-state index contributed by atoms with van der Waals surface area (Å²) in [6.45, 7) is 18.4. The predicted molar refractivity (Wildman–Crippen MR) is 92.0 cm³/mol. The topological polar surface area (TPSA) is 49.7 Å². The quantitative estimate of drug-likeness (QED) is 0.652. The van der Waals surface area contributed by atoms with E-state index in [-0.39, 0.29) is 12.2 Å². The number of aliphatic hydroxyl groups is 2. The van der Waals surface area contributed by atoms with Crippen LogP contribution in [-0.4, -0.2) is 94.9 Å².